The molecule has 11 nitrogen and oxygen atoms in total. The first-order valence-electron chi connectivity index (χ1n) is 22.6. The van der Waals surface area contributed by atoms with Gasteiger partial charge in [-0.1, -0.05) is 105 Å². The number of benzene rings is 4. The number of para-hydroxylation sites is 1. The van der Waals surface area contributed by atoms with E-state index in [0.29, 0.717) is 29.7 Å². The molecule has 4 aromatic carbocycles. The Morgan fingerprint density at radius 3 is 2.30 bits per heavy atom. The highest BCUT2D eigenvalue weighted by Gasteiger charge is 2.56. The van der Waals surface area contributed by atoms with Crippen LogP contribution in [0.1, 0.15) is 60.7 Å². The second-order valence-corrected chi connectivity index (χ2v) is 19.1. The average molecular weight is 856 g/mol. The molecular formula is C52H65N5O6. The molecule has 2 bridgehead atoms. The number of hydrogen-bond acceptors (Lipinski definition) is 9. The minimum absolute atomic E-state index is 0.0181. The monoisotopic (exact) mass is 855 g/mol. The van der Waals surface area contributed by atoms with Crippen LogP contribution in [0.5, 0.6) is 5.75 Å². The van der Waals surface area contributed by atoms with Crippen molar-refractivity contribution in [2.75, 3.05) is 52.3 Å². The number of hydrogen-bond donors (Lipinski definition) is 3. The number of carbonyl (C=O) groups excluding carboxylic acids is 2. The van der Waals surface area contributed by atoms with Crippen LogP contribution in [0, 0.1) is 23.2 Å². The molecule has 3 saturated carbocycles. The van der Waals surface area contributed by atoms with Gasteiger partial charge in [-0.25, -0.2) is 0 Å². The number of rotatable bonds is 14. The summed E-state index contributed by atoms with van der Waals surface area (Å²) < 4.78 is 6.19. The van der Waals surface area contributed by atoms with Crippen LogP contribution >= 0.6 is 0 Å². The van der Waals surface area contributed by atoms with Gasteiger partial charge >= 0.3 is 0 Å². The molecule has 2 heterocycles. The Morgan fingerprint density at radius 2 is 1.67 bits per heavy atom. The van der Waals surface area contributed by atoms with E-state index in [1.807, 2.05) is 61.5 Å². The van der Waals surface area contributed by atoms with E-state index >= 15 is 0 Å². The van der Waals surface area contributed by atoms with Crippen molar-refractivity contribution in [2.45, 2.75) is 83.5 Å². The van der Waals surface area contributed by atoms with Gasteiger partial charge in [0.1, 0.15) is 17.9 Å². The Bertz CT molecular complexity index is 2270. The molecule has 5 aliphatic rings. The zero-order chi connectivity index (χ0) is 44.6. The molecule has 0 spiro atoms. The van der Waals surface area contributed by atoms with Gasteiger partial charge in [0.25, 0.3) is 5.91 Å². The minimum Gasteiger partial charge on any atom is -0.496 e. The summed E-state index contributed by atoms with van der Waals surface area (Å²) in [7, 11) is 5.57. The van der Waals surface area contributed by atoms with Gasteiger partial charge in [-0.05, 0) is 78.3 Å². The fourth-order valence-electron chi connectivity index (χ4n) is 10.9. The van der Waals surface area contributed by atoms with Crippen LogP contribution in [0.2, 0.25) is 0 Å². The Morgan fingerprint density at radius 1 is 0.952 bits per heavy atom. The van der Waals surface area contributed by atoms with E-state index in [-0.39, 0.29) is 42.5 Å². The third kappa shape index (κ3) is 9.04. The molecule has 8 atom stereocenters. The highest BCUT2D eigenvalue weighted by Crippen LogP contribution is 2.60. The smallest absolute Gasteiger partial charge is 0.254 e. The molecular weight excluding hydrogens is 791 g/mol. The number of aliphatic hydroxyl groups excluding tert-OH is 2. The SMILES string of the molecule is C=C1[C@@H](NC(=O)[C@@H]2[C@H]([C@H](C)O)[C@H](CO)ON2Cc2cccc(-c3cc(C(=O)N4CCN(Cc5ccccc5)C[C@@H]4Cc4ccccc4)cc(N(C)C)c3)c2OC)C[C@H]2C[C@@H]1C2(C)C. The first-order valence-corrected chi connectivity index (χ1v) is 22.6. The van der Waals surface area contributed by atoms with Crippen molar-refractivity contribution >= 4 is 17.5 Å². The van der Waals surface area contributed by atoms with Crippen molar-refractivity contribution in [3.05, 3.63) is 131 Å². The highest BCUT2D eigenvalue weighted by atomic mass is 16.7. The lowest BCUT2D eigenvalue weighted by Crippen LogP contribution is -2.59. The number of nitrogens with zero attached hydrogens (tertiary/aromatic N) is 4. The first-order chi connectivity index (χ1) is 30.3. The molecule has 2 saturated heterocycles. The van der Waals surface area contributed by atoms with Gasteiger partial charge in [0.15, 0.2) is 0 Å². The molecule has 2 aliphatic heterocycles. The Hall–Kier alpha value is -5.04. The maximum absolute atomic E-state index is 14.9. The van der Waals surface area contributed by atoms with Crippen molar-refractivity contribution in [1.82, 2.24) is 20.2 Å². The van der Waals surface area contributed by atoms with Crippen LogP contribution in [0.25, 0.3) is 11.1 Å². The minimum atomic E-state index is -0.929. The lowest BCUT2D eigenvalue weighted by Gasteiger charge is -2.60. The Balaban J connectivity index is 1.08. The number of amides is 2. The lowest BCUT2D eigenvalue weighted by atomic mass is 9.46. The van der Waals surface area contributed by atoms with E-state index in [9.17, 15) is 19.8 Å². The number of ether oxygens (including phenoxy) is 1. The summed E-state index contributed by atoms with van der Waals surface area (Å²) in [4.78, 5) is 42.1. The van der Waals surface area contributed by atoms with Crippen molar-refractivity contribution in [2.24, 2.45) is 23.2 Å². The molecule has 9 rings (SSSR count). The van der Waals surface area contributed by atoms with Crippen LogP contribution in [-0.2, 0) is 29.1 Å². The number of nitrogens with one attached hydrogen (secondary N) is 1. The predicted octanol–water partition coefficient (Wildman–Crippen LogP) is 6.58. The van der Waals surface area contributed by atoms with Gasteiger partial charge in [0, 0.05) is 74.6 Å². The second-order valence-electron chi connectivity index (χ2n) is 19.1. The first kappa shape index (κ1) is 44.6. The molecule has 4 aromatic rings. The summed E-state index contributed by atoms with van der Waals surface area (Å²) in [5.74, 6) is 0.487. The lowest BCUT2D eigenvalue weighted by molar-refractivity contribution is -0.182. The van der Waals surface area contributed by atoms with Gasteiger partial charge in [-0.2, -0.15) is 5.06 Å². The number of piperazine rings is 1. The van der Waals surface area contributed by atoms with Crippen molar-refractivity contribution in [3.8, 4) is 16.9 Å². The van der Waals surface area contributed by atoms with Crippen molar-refractivity contribution in [3.63, 3.8) is 0 Å². The maximum Gasteiger partial charge on any atom is 0.254 e. The average Bonchev–Trinajstić information content (AvgIpc) is 3.66. The summed E-state index contributed by atoms with van der Waals surface area (Å²) in [6.07, 6.45) is 0.960. The van der Waals surface area contributed by atoms with Gasteiger partial charge in [0.05, 0.1) is 32.4 Å². The zero-order valence-electron chi connectivity index (χ0n) is 37.7. The fraction of sp³-hybridized carbons (Fsp3) is 0.462. The zero-order valence-corrected chi connectivity index (χ0v) is 37.7. The third-order valence-corrected chi connectivity index (χ3v) is 14.6. The number of aliphatic hydroxyl groups is 2. The third-order valence-electron chi connectivity index (χ3n) is 14.6. The molecule has 5 fully saturated rings. The molecule has 3 aliphatic carbocycles. The molecule has 0 radical (unpaired) electrons. The normalized spacial score (nSPS) is 26.2. The van der Waals surface area contributed by atoms with Gasteiger partial charge in [-0.3, -0.25) is 19.3 Å². The topological polar surface area (TPSA) is 118 Å². The van der Waals surface area contributed by atoms with Crippen LogP contribution in [-0.4, -0.2) is 115 Å². The standard InChI is InChI=1S/C52H65N5O6/c1-33-44-27-40(52(44,3)4)28-45(33)53-50(60)48-47(34(2)59)46(32-58)63-57(48)30-37-19-14-20-43(49(37)62-7)38-24-39(26-41(25-38)54(5)6)51(61)56-22-21-55(29-36-17-12-9-13-18-36)31-42(56)23-35-15-10-8-11-16-35/h8-20,24-26,34,40,42,44-48,58-59H,1,21-23,27-32H2,2-7H3,(H,53,60)/t34-,40+,42-,44-,45-,46-,47+,48-/m0/s1. The molecule has 3 N–H and O–H groups in total. The predicted molar refractivity (Wildman–Crippen MR) is 247 cm³/mol. The molecule has 0 aromatic heterocycles. The van der Waals surface area contributed by atoms with Crippen LogP contribution in [0.3, 0.4) is 0 Å². The number of hydroxylamine groups is 2. The highest BCUT2D eigenvalue weighted by molar-refractivity contribution is 5.97. The van der Waals surface area contributed by atoms with Crippen LogP contribution in [0.15, 0.2) is 109 Å². The van der Waals surface area contributed by atoms with Crippen molar-refractivity contribution < 1.29 is 29.4 Å². The summed E-state index contributed by atoms with van der Waals surface area (Å²) in [5.41, 5.74) is 7.50. The van der Waals surface area contributed by atoms with E-state index in [1.165, 1.54) is 11.1 Å². The number of methoxy groups -OCH3 is 1. The summed E-state index contributed by atoms with van der Waals surface area (Å²) >= 11 is 0. The fourth-order valence-corrected chi connectivity index (χ4v) is 10.9. The molecule has 11 heteroatoms. The van der Waals surface area contributed by atoms with E-state index in [4.69, 9.17) is 9.57 Å². The van der Waals surface area contributed by atoms with Gasteiger partial charge in [0.2, 0.25) is 5.91 Å². The van der Waals surface area contributed by atoms with Crippen molar-refractivity contribution in [1.29, 1.82) is 0 Å². The van der Waals surface area contributed by atoms with Crippen LogP contribution in [0.4, 0.5) is 5.69 Å². The number of fused-ring (bicyclic) bond motifs is 2. The summed E-state index contributed by atoms with van der Waals surface area (Å²) in [6, 6.07) is 31.7. The van der Waals surface area contributed by atoms with Gasteiger partial charge in [-0.15, -0.1) is 0 Å². The van der Waals surface area contributed by atoms with E-state index in [2.05, 4.69) is 90.1 Å². The molecule has 2 amide bonds. The maximum atomic E-state index is 14.9. The van der Waals surface area contributed by atoms with Crippen LogP contribution < -0.4 is 15.0 Å². The Kier molecular flexibility index (Phi) is 13.1. The van der Waals surface area contributed by atoms with E-state index in [1.54, 1.807) is 19.1 Å². The largest absolute Gasteiger partial charge is 0.496 e. The molecule has 0 unspecified atom stereocenters. The van der Waals surface area contributed by atoms with E-state index < -0.39 is 24.2 Å². The second kappa shape index (κ2) is 18.6. The number of carbonyl (C=O) groups is 2. The molecule has 334 valence electrons. The van der Waals surface area contributed by atoms with Gasteiger partial charge < -0.3 is 30.1 Å². The Labute approximate surface area is 373 Å². The summed E-state index contributed by atoms with van der Waals surface area (Å²) in [6.45, 7) is 13.4. The molecule has 63 heavy (non-hydrogen) atoms. The summed E-state index contributed by atoms with van der Waals surface area (Å²) in [5, 5.41) is 26.4. The quantitative estimate of drug-likeness (QED) is 0.121. The van der Waals surface area contributed by atoms with E-state index in [0.717, 1.165) is 66.8 Å². The number of anilines is 1.